The quantitative estimate of drug-likeness (QED) is 0.479. The summed E-state index contributed by atoms with van der Waals surface area (Å²) in [6, 6.07) is 2.82. The molecular weight excluding hydrogens is 178 g/mol. The largest absolute Gasteiger partial charge is 0.744 e. The van der Waals surface area contributed by atoms with E-state index in [1.807, 2.05) is 6.92 Å². The van der Waals surface area contributed by atoms with Crippen LogP contribution in [-0.2, 0) is 16.7 Å². The van der Waals surface area contributed by atoms with Crippen LogP contribution in [0.3, 0.4) is 0 Å². The highest BCUT2D eigenvalue weighted by molar-refractivity contribution is 7.85. The fourth-order valence-corrected chi connectivity index (χ4v) is 1.35. The Balaban J connectivity index is 3.20. The number of hydrogen-bond donors (Lipinski definition) is 0. The molecule has 5 heteroatoms. The van der Waals surface area contributed by atoms with Gasteiger partial charge in [-0.25, -0.2) is 13.0 Å². The van der Waals surface area contributed by atoms with Crippen LogP contribution in [0.1, 0.15) is 6.92 Å². The summed E-state index contributed by atoms with van der Waals surface area (Å²) in [6.45, 7) is 2.50. The van der Waals surface area contributed by atoms with Crippen molar-refractivity contribution in [3.63, 3.8) is 0 Å². The second-order valence-corrected chi connectivity index (χ2v) is 3.70. The van der Waals surface area contributed by atoms with Crippen LogP contribution in [0.2, 0.25) is 0 Å². The summed E-state index contributed by atoms with van der Waals surface area (Å²) in [4.78, 5) is -0.188. The molecule has 0 bridgehead atoms. The van der Waals surface area contributed by atoms with Crippen molar-refractivity contribution in [1.82, 2.24) is 0 Å². The molecule has 66 valence electrons. The first-order chi connectivity index (χ1) is 5.54. The van der Waals surface area contributed by atoms with Crippen LogP contribution in [0.5, 0.6) is 0 Å². The Kier molecular flexibility index (Phi) is 2.44. The molecule has 0 unspecified atom stereocenters. The second-order valence-electron chi connectivity index (χ2n) is 2.32. The van der Waals surface area contributed by atoms with Crippen molar-refractivity contribution in [3.05, 3.63) is 24.5 Å². The van der Waals surface area contributed by atoms with Gasteiger partial charge >= 0.3 is 0 Å². The highest BCUT2D eigenvalue weighted by atomic mass is 32.2. The lowest BCUT2D eigenvalue weighted by molar-refractivity contribution is -0.695. The first-order valence-corrected chi connectivity index (χ1v) is 4.90. The molecule has 0 aliphatic rings. The molecule has 0 saturated carbocycles. The smallest absolute Gasteiger partial charge is 0.186 e. The molecule has 0 N–H and O–H groups in total. The maximum Gasteiger partial charge on any atom is 0.186 e. The number of hydrogen-bond acceptors (Lipinski definition) is 3. The van der Waals surface area contributed by atoms with Gasteiger partial charge in [0.25, 0.3) is 0 Å². The summed E-state index contributed by atoms with van der Waals surface area (Å²) in [5, 5.41) is 0. The van der Waals surface area contributed by atoms with E-state index in [1.165, 1.54) is 18.3 Å². The first kappa shape index (κ1) is 9.15. The highest BCUT2D eigenvalue weighted by Crippen LogP contribution is 2.02. The zero-order valence-electron chi connectivity index (χ0n) is 6.60. The van der Waals surface area contributed by atoms with Gasteiger partial charge in [-0.2, -0.15) is 0 Å². The molecule has 0 radical (unpaired) electrons. The second kappa shape index (κ2) is 3.20. The van der Waals surface area contributed by atoms with Crippen LogP contribution in [0.15, 0.2) is 29.4 Å². The Morgan fingerprint density at radius 1 is 1.58 bits per heavy atom. The van der Waals surface area contributed by atoms with E-state index in [0.717, 1.165) is 0 Å². The lowest BCUT2D eigenvalue weighted by atomic mass is 10.5. The molecule has 0 aliphatic carbocycles. The van der Waals surface area contributed by atoms with E-state index >= 15 is 0 Å². The predicted octanol–water partition coefficient (Wildman–Crippen LogP) is -0.102. The van der Waals surface area contributed by atoms with Gasteiger partial charge in [0.1, 0.15) is 21.6 Å². The predicted molar refractivity (Wildman–Crippen MR) is 40.3 cm³/mol. The van der Waals surface area contributed by atoms with Crippen LogP contribution in [0.25, 0.3) is 0 Å². The number of aryl methyl sites for hydroxylation is 1. The fraction of sp³-hybridized carbons (Fsp3) is 0.286. The Bertz CT molecular complexity index is 372. The molecule has 0 atom stereocenters. The van der Waals surface area contributed by atoms with Gasteiger partial charge in [-0.05, 0) is 13.0 Å². The lowest BCUT2D eigenvalue weighted by Crippen LogP contribution is -2.31. The molecule has 0 spiro atoms. The van der Waals surface area contributed by atoms with Gasteiger partial charge in [-0.15, -0.1) is 0 Å². The molecule has 1 rings (SSSR count). The van der Waals surface area contributed by atoms with Crippen molar-refractivity contribution in [2.45, 2.75) is 18.4 Å². The molecular formula is C7H9NO3S. The summed E-state index contributed by atoms with van der Waals surface area (Å²) < 4.78 is 33.2. The van der Waals surface area contributed by atoms with Crippen molar-refractivity contribution in [3.8, 4) is 0 Å². The highest BCUT2D eigenvalue weighted by Gasteiger charge is 2.05. The normalized spacial score (nSPS) is 11.5. The van der Waals surface area contributed by atoms with Crippen LogP contribution in [-0.4, -0.2) is 13.0 Å². The molecule has 0 saturated heterocycles. The lowest BCUT2D eigenvalue weighted by Gasteiger charge is -2.03. The number of aromatic nitrogens is 1. The number of rotatable bonds is 2. The maximum atomic E-state index is 10.5. The van der Waals surface area contributed by atoms with E-state index in [2.05, 4.69) is 0 Å². The molecule has 1 heterocycles. The minimum atomic E-state index is -4.31. The summed E-state index contributed by atoms with van der Waals surface area (Å²) in [5.41, 5.74) is 0. The van der Waals surface area contributed by atoms with Gasteiger partial charge < -0.3 is 4.55 Å². The first-order valence-electron chi connectivity index (χ1n) is 3.49. The van der Waals surface area contributed by atoms with Gasteiger partial charge in [0.05, 0.1) is 0 Å². The van der Waals surface area contributed by atoms with Crippen LogP contribution in [0.4, 0.5) is 0 Å². The SMILES string of the molecule is CC[n+]1cccc(S(=O)(=O)[O-])c1. The zero-order chi connectivity index (χ0) is 9.19. The molecule has 0 aromatic carbocycles. The molecule has 1 aromatic heterocycles. The molecule has 0 aliphatic heterocycles. The molecule has 12 heavy (non-hydrogen) atoms. The van der Waals surface area contributed by atoms with Gasteiger partial charge in [0.2, 0.25) is 0 Å². The fourth-order valence-electron chi connectivity index (χ4n) is 0.843. The van der Waals surface area contributed by atoms with E-state index in [-0.39, 0.29) is 4.90 Å². The third-order valence-corrected chi connectivity index (χ3v) is 2.30. The molecule has 1 aromatic rings. The molecule has 4 nitrogen and oxygen atoms in total. The van der Waals surface area contributed by atoms with Gasteiger partial charge in [-0.3, -0.25) is 0 Å². The Hall–Kier alpha value is -0.940. The monoisotopic (exact) mass is 187 g/mol. The van der Waals surface area contributed by atoms with Gasteiger partial charge in [-0.1, -0.05) is 0 Å². The topological polar surface area (TPSA) is 61.1 Å². The Morgan fingerprint density at radius 2 is 2.25 bits per heavy atom. The summed E-state index contributed by atoms with van der Waals surface area (Å²) in [7, 11) is -4.31. The van der Waals surface area contributed by atoms with Crippen LogP contribution < -0.4 is 4.57 Å². The number of pyridine rings is 1. The van der Waals surface area contributed by atoms with Crippen molar-refractivity contribution in [2.24, 2.45) is 0 Å². The maximum absolute atomic E-state index is 10.5. The minimum Gasteiger partial charge on any atom is -0.744 e. The standard InChI is InChI=1S/C7H9NO3S/c1-2-8-5-3-4-7(6-8)12(9,10)11/h3-6H,2H2,1H3. The summed E-state index contributed by atoms with van der Waals surface area (Å²) in [5.74, 6) is 0. The number of nitrogens with zero attached hydrogens (tertiary/aromatic N) is 1. The average Bonchev–Trinajstić information content (AvgIpc) is 2.03. The summed E-state index contributed by atoms with van der Waals surface area (Å²) >= 11 is 0. The van der Waals surface area contributed by atoms with Crippen molar-refractivity contribution in [2.75, 3.05) is 0 Å². The van der Waals surface area contributed by atoms with E-state index in [9.17, 15) is 13.0 Å². The third-order valence-electron chi connectivity index (χ3n) is 1.48. The van der Waals surface area contributed by atoms with Crippen molar-refractivity contribution in [1.29, 1.82) is 0 Å². The van der Waals surface area contributed by atoms with E-state index in [0.29, 0.717) is 6.54 Å². The van der Waals surface area contributed by atoms with E-state index < -0.39 is 10.1 Å². The van der Waals surface area contributed by atoms with E-state index in [1.54, 1.807) is 10.8 Å². The zero-order valence-corrected chi connectivity index (χ0v) is 7.41. The minimum absolute atomic E-state index is 0.188. The summed E-state index contributed by atoms with van der Waals surface area (Å²) in [6.07, 6.45) is 3.02. The molecule has 0 fully saturated rings. The Labute approximate surface area is 71.2 Å². The van der Waals surface area contributed by atoms with Crippen molar-refractivity contribution >= 4 is 10.1 Å². The van der Waals surface area contributed by atoms with Gasteiger partial charge in [0.15, 0.2) is 12.4 Å². The average molecular weight is 187 g/mol. The van der Waals surface area contributed by atoms with E-state index in [4.69, 9.17) is 0 Å². The van der Waals surface area contributed by atoms with Gasteiger partial charge in [0, 0.05) is 6.07 Å². The van der Waals surface area contributed by atoms with Crippen molar-refractivity contribution < 1.29 is 17.5 Å². The Morgan fingerprint density at radius 3 is 2.75 bits per heavy atom. The third kappa shape index (κ3) is 2.02. The molecule has 0 amide bonds. The van der Waals surface area contributed by atoms with Crippen LogP contribution >= 0.6 is 0 Å². The van der Waals surface area contributed by atoms with Crippen LogP contribution in [0, 0.1) is 0 Å².